The van der Waals surface area contributed by atoms with E-state index >= 15 is 0 Å². The van der Waals surface area contributed by atoms with Crippen LogP contribution in [-0.2, 0) is 5.60 Å². The fourth-order valence-corrected chi connectivity index (χ4v) is 4.24. The Morgan fingerprint density at radius 1 is 0.929 bits per heavy atom. The summed E-state index contributed by atoms with van der Waals surface area (Å²) >= 11 is 1.55. The van der Waals surface area contributed by atoms with Crippen molar-refractivity contribution in [2.24, 2.45) is 0 Å². The number of thiophene rings is 1. The number of benzene rings is 3. The van der Waals surface area contributed by atoms with Gasteiger partial charge in [0.15, 0.2) is 0 Å². The highest BCUT2D eigenvalue weighted by atomic mass is 32.1. The summed E-state index contributed by atoms with van der Waals surface area (Å²) in [5, 5.41) is 14.8. The fourth-order valence-electron chi connectivity index (χ4n) is 3.13. The van der Waals surface area contributed by atoms with Crippen LogP contribution < -0.4 is 5.32 Å². The summed E-state index contributed by atoms with van der Waals surface area (Å²) in [7, 11) is 0. The van der Waals surface area contributed by atoms with Crippen LogP contribution in [0.4, 0.5) is 0 Å². The van der Waals surface area contributed by atoms with Gasteiger partial charge in [0.1, 0.15) is 5.60 Å². The Labute approximate surface area is 168 Å². The number of carbonyl (C=O) groups is 1. The summed E-state index contributed by atoms with van der Waals surface area (Å²) in [6, 6.07) is 27.6. The van der Waals surface area contributed by atoms with E-state index in [0.29, 0.717) is 5.56 Å². The summed E-state index contributed by atoms with van der Waals surface area (Å²) in [6.07, 6.45) is 0. The minimum atomic E-state index is -1.12. The molecule has 140 valence electrons. The first-order valence-corrected chi connectivity index (χ1v) is 10.00. The van der Waals surface area contributed by atoms with Gasteiger partial charge in [-0.1, -0.05) is 60.7 Å². The zero-order valence-electron chi connectivity index (χ0n) is 15.6. The van der Waals surface area contributed by atoms with Crippen molar-refractivity contribution in [2.75, 3.05) is 6.54 Å². The minimum absolute atomic E-state index is 0.152. The molecule has 0 spiro atoms. The quantitative estimate of drug-likeness (QED) is 0.494. The number of fused-ring (bicyclic) bond motifs is 1. The van der Waals surface area contributed by atoms with E-state index in [4.69, 9.17) is 0 Å². The van der Waals surface area contributed by atoms with E-state index in [-0.39, 0.29) is 12.5 Å². The largest absolute Gasteiger partial charge is 0.383 e. The van der Waals surface area contributed by atoms with Crippen molar-refractivity contribution >= 4 is 27.3 Å². The third-order valence-electron chi connectivity index (χ3n) is 4.80. The predicted octanol–water partition coefficient (Wildman–Crippen LogP) is 5.21. The molecular weight excluding hydrogens is 366 g/mol. The van der Waals surface area contributed by atoms with Crippen LogP contribution in [-0.4, -0.2) is 17.6 Å². The minimum Gasteiger partial charge on any atom is -0.383 e. The van der Waals surface area contributed by atoms with Crippen molar-refractivity contribution in [3.8, 4) is 11.1 Å². The van der Waals surface area contributed by atoms with Crippen molar-refractivity contribution in [1.82, 2.24) is 5.32 Å². The number of amides is 1. The molecule has 3 nitrogen and oxygen atoms in total. The molecule has 0 aliphatic carbocycles. The molecular formula is C24H21NO2S. The van der Waals surface area contributed by atoms with Crippen LogP contribution in [0.25, 0.3) is 21.2 Å². The van der Waals surface area contributed by atoms with Gasteiger partial charge >= 0.3 is 0 Å². The number of hydrogen-bond donors (Lipinski definition) is 2. The molecule has 0 bridgehead atoms. The van der Waals surface area contributed by atoms with E-state index < -0.39 is 5.60 Å². The van der Waals surface area contributed by atoms with Crippen LogP contribution in [0.5, 0.6) is 0 Å². The first kappa shape index (κ1) is 18.4. The van der Waals surface area contributed by atoms with Crippen molar-refractivity contribution in [3.05, 3.63) is 95.4 Å². The van der Waals surface area contributed by atoms with Gasteiger partial charge in [-0.25, -0.2) is 0 Å². The molecule has 4 rings (SSSR count). The lowest BCUT2D eigenvalue weighted by Crippen LogP contribution is -2.38. The number of nitrogens with one attached hydrogen (secondary N) is 1. The van der Waals surface area contributed by atoms with Crippen LogP contribution in [0.2, 0.25) is 0 Å². The molecule has 1 atom stereocenters. The molecule has 0 fully saturated rings. The van der Waals surface area contributed by atoms with Gasteiger partial charge in [-0.15, -0.1) is 11.3 Å². The molecule has 2 N–H and O–H groups in total. The first-order chi connectivity index (χ1) is 13.5. The zero-order valence-corrected chi connectivity index (χ0v) is 16.4. The number of carbonyl (C=O) groups excluding carboxylic acids is 1. The maximum absolute atomic E-state index is 12.5. The summed E-state index contributed by atoms with van der Waals surface area (Å²) in [6.45, 7) is 1.88. The molecule has 1 amide bonds. The van der Waals surface area contributed by atoms with Crippen LogP contribution in [0.15, 0.2) is 84.9 Å². The average molecular weight is 388 g/mol. The van der Waals surface area contributed by atoms with E-state index in [2.05, 4.69) is 5.32 Å². The Morgan fingerprint density at radius 2 is 1.57 bits per heavy atom. The summed E-state index contributed by atoms with van der Waals surface area (Å²) in [5.74, 6) is -0.194. The van der Waals surface area contributed by atoms with Gasteiger partial charge in [-0.2, -0.15) is 0 Å². The molecule has 1 heterocycles. The Bertz CT molecular complexity index is 1070. The normalized spacial score (nSPS) is 13.2. The molecule has 0 saturated heterocycles. The molecule has 0 aliphatic heterocycles. The highest BCUT2D eigenvalue weighted by Crippen LogP contribution is 2.32. The molecule has 4 aromatic rings. The number of hydrogen-bond acceptors (Lipinski definition) is 3. The molecule has 0 aliphatic rings. The van der Waals surface area contributed by atoms with E-state index in [1.165, 1.54) is 0 Å². The molecule has 1 unspecified atom stereocenters. The first-order valence-electron chi connectivity index (χ1n) is 9.18. The molecule has 28 heavy (non-hydrogen) atoms. The Kier molecular flexibility index (Phi) is 4.99. The summed E-state index contributed by atoms with van der Waals surface area (Å²) < 4.78 is 1.13. The average Bonchev–Trinajstić information content (AvgIpc) is 3.18. The van der Waals surface area contributed by atoms with Gasteiger partial charge < -0.3 is 10.4 Å². The standard InChI is InChI=1S/C24H21NO2S/c1-24(27,22-15-20-9-5-6-10-21(20)28-22)16-25-23(26)19-13-11-18(12-14-19)17-7-3-2-4-8-17/h2-15,27H,16H2,1H3,(H,25,26). The van der Waals surface area contributed by atoms with Gasteiger partial charge in [0, 0.05) is 15.1 Å². The lowest BCUT2D eigenvalue weighted by atomic mass is 10.0. The second-order valence-corrected chi connectivity index (χ2v) is 8.13. The lowest BCUT2D eigenvalue weighted by Gasteiger charge is -2.22. The third-order valence-corrected chi connectivity index (χ3v) is 6.17. The lowest BCUT2D eigenvalue weighted by molar-refractivity contribution is 0.0557. The Balaban J connectivity index is 1.44. The monoisotopic (exact) mass is 387 g/mol. The third kappa shape index (κ3) is 3.84. The highest BCUT2D eigenvalue weighted by Gasteiger charge is 2.26. The maximum atomic E-state index is 12.5. The smallest absolute Gasteiger partial charge is 0.251 e. The molecule has 1 aromatic heterocycles. The maximum Gasteiger partial charge on any atom is 0.251 e. The van der Waals surface area contributed by atoms with Crippen molar-refractivity contribution < 1.29 is 9.90 Å². The topological polar surface area (TPSA) is 49.3 Å². The Morgan fingerprint density at radius 3 is 2.29 bits per heavy atom. The SMILES string of the molecule is CC(O)(CNC(=O)c1ccc(-c2ccccc2)cc1)c1cc2ccccc2s1. The van der Waals surface area contributed by atoms with Gasteiger partial charge in [-0.05, 0) is 47.7 Å². The summed E-state index contributed by atoms with van der Waals surface area (Å²) in [4.78, 5) is 13.4. The molecule has 4 heteroatoms. The zero-order chi connectivity index (χ0) is 19.6. The fraction of sp³-hybridized carbons (Fsp3) is 0.125. The van der Waals surface area contributed by atoms with Crippen LogP contribution >= 0.6 is 11.3 Å². The van der Waals surface area contributed by atoms with Crippen molar-refractivity contribution in [3.63, 3.8) is 0 Å². The van der Waals surface area contributed by atoms with Crippen LogP contribution in [0.1, 0.15) is 22.2 Å². The van der Waals surface area contributed by atoms with Gasteiger partial charge in [0.05, 0.1) is 6.54 Å². The van der Waals surface area contributed by atoms with Gasteiger partial charge in [0.25, 0.3) is 5.91 Å². The molecule has 0 saturated carbocycles. The van der Waals surface area contributed by atoms with Crippen LogP contribution in [0.3, 0.4) is 0 Å². The van der Waals surface area contributed by atoms with Gasteiger partial charge in [0.2, 0.25) is 0 Å². The van der Waals surface area contributed by atoms with Crippen LogP contribution in [0, 0.1) is 0 Å². The van der Waals surface area contributed by atoms with Gasteiger partial charge in [-0.3, -0.25) is 4.79 Å². The number of aliphatic hydroxyl groups is 1. The second kappa shape index (κ2) is 7.58. The van der Waals surface area contributed by atoms with E-state index in [1.54, 1.807) is 18.3 Å². The molecule has 3 aromatic carbocycles. The predicted molar refractivity (Wildman–Crippen MR) is 116 cm³/mol. The van der Waals surface area contributed by atoms with E-state index in [1.807, 2.05) is 84.9 Å². The number of rotatable bonds is 5. The molecule has 0 radical (unpaired) electrons. The highest BCUT2D eigenvalue weighted by molar-refractivity contribution is 7.19. The van der Waals surface area contributed by atoms with E-state index in [0.717, 1.165) is 26.1 Å². The summed E-state index contributed by atoms with van der Waals surface area (Å²) in [5.41, 5.74) is 1.63. The van der Waals surface area contributed by atoms with E-state index in [9.17, 15) is 9.90 Å². The second-order valence-electron chi connectivity index (χ2n) is 7.05. The van der Waals surface area contributed by atoms with Crippen molar-refractivity contribution in [1.29, 1.82) is 0 Å². The van der Waals surface area contributed by atoms with Crippen molar-refractivity contribution in [2.45, 2.75) is 12.5 Å². The Hall–Kier alpha value is -2.95.